The quantitative estimate of drug-likeness (QED) is 0.709. The van der Waals surface area contributed by atoms with Crippen molar-refractivity contribution < 1.29 is 13.9 Å². The molecule has 0 saturated carbocycles. The van der Waals surface area contributed by atoms with E-state index < -0.39 is 0 Å². The fraction of sp³-hybridized carbons (Fsp3) is 0.158. The van der Waals surface area contributed by atoms with Crippen LogP contribution in [-0.2, 0) is 6.42 Å². The van der Waals surface area contributed by atoms with Crippen LogP contribution in [0.2, 0.25) is 0 Å². The van der Waals surface area contributed by atoms with Gasteiger partial charge in [-0.3, -0.25) is 4.79 Å². The van der Waals surface area contributed by atoms with Gasteiger partial charge in [-0.25, -0.2) is 0 Å². The summed E-state index contributed by atoms with van der Waals surface area (Å²) in [5, 5.41) is 8.93. The number of hydrogen-bond donors (Lipinski definition) is 0. The molecule has 5 nitrogen and oxygen atoms in total. The zero-order valence-corrected chi connectivity index (χ0v) is 13.1. The van der Waals surface area contributed by atoms with Crippen LogP contribution in [0.4, 0.5) is 0 Å². The molecular formula is C19H15NO4. The number of aryl methyl sites for hydroxylation is 1. The molecule has 24 heavy (non-hydrogen) atoms. The van der Waals surface area contributed by atoms with E-state index in [-0.39, 0.29) is 17.8 Å². The second-order valence-electron chi connectivity index (χ2n) is 5.10. The van der Waals surface area contributed by atoms with Crippen LogP contribution in [0.15, 0.2) is 57.9 Å². The number of fused-ring (bicyclic) bond motifs is 1. The summed E-state index contributed by atoms with van der Waals surface area (Å²) in [7, 11) is 0. The molecule has 0 saturated heterocycles. The van der Waals surface area contributed by atoms with E-state index in [1.165, 1.54) is 6.26 Å². The highest BCUT2D eigenvalue weighted by molar-refractivity contribution is 5.79. The van der Waals surface area contributed by atoms with Crippen LogP contribution in [0.25, 0.3) is 11.0 Å². The maximum atomic E-state index is 12.6. The monoisotopic (exact) mass is 321 g/mol. The molecule has 3 rings (SSSR count). The Bertz CT molecular complexity index is 969. The minimum absolute atomic E-state index is 0.0647. The first kappa shape index (κ1) is 15.6. The van der Waals surface area contributed by atoms with Gasteiger partial charge in [0.15, 0.2) is 6.61 Å². The van der Waals surface area contributed by atoms with Crippen molar-refractivity contribution in [2.45, 2.75) is 13.3 Å². The normalized spacial score (nSPS) is 10.3. The van der Waals surface area contributed by atoms with Gasteiger partial charge < -0.3 is 13.9 Å². The van der Waals surface area contributed by atoms with E-state index in [0.717, 1.165) is 12.0 Å². The summed E-state index contributed by atoms with van der Waals surface area (Å²) in [6, 6.07) is 14.3. The van der Waals surface area contributed by atoms with Crippen LogP contribution in [0.1, 0.15) is 12.5 Å². The molecule has 0 spiro atoms. The molecular weight excluding hydrogens is 306 g/mol. The Kier molecular flexibility index (Phi) is 4.48. The van der Waals surface area contributed by atoms with E-state index in [9.17, 15) is 4.79 Å². The number of hydrogen-bond acceptors (Lipinski definition) is 5. The summed E-state index contributed by atoms with van der Waals surface area (Å²) in [6.45, 7) is 1.96. The SMILES string of the molecule is CCc1ccccc1Oc1coc2cc(OCC#N)ccc2c1=O. The number of nitrogens with zero attached hydrogens (tertiary/aromatic N) is 1. The highest BCUT2D eigenvalue weighted by Crippen LogP contribution is 2.26. The lowest BCUT2D eigenvalue weighted by atomic mass is 10.1. The molecule has 0 radical (unpaired) electrons. The molecule has 0 aliphatic rings. The van der Waals surface area contributed by atoms with Gasteiger partial charge in [0.05, 0.1) is 5.39 Å². The summed E-state index contributed by atoms with van der Waals surface area (Å²) in [6.07, 6.45) is 2.10. The van der Waals surface area contributed by atoms with Crippen molar-refractivity contribution in [3.05, 3.63) is 64.5 Å². The molecule has 0 atom stereocenters. The lowest BCUT2D eigenvalue weighted by molar-refractivity contribution is 0.367. The molecule has 0 fully saturated rings. The van der Waals surface area contributed by atoms with Crippen molar-refractivity contribution >= 4 is 11.0 Å². The van der Waals surface area contributed by atoms with E-state index in [1.54, 1.807) is 18.2 Å². The van der Waals surface area contributed by atoms with E-state index in [4.69, 9.17) is 19.2 Å². The van der Waals surface area contributed by atoms with Crippen LogP contribution >= 0.6 is 0 Å². The fourth-order valence-electron chi connectivity index (χ4n) is 2.38. The van der Waals surface area contributed by atoms with Crippen LogP contribution in [0, 0.1) is 11.3 Å². The number of benzene rings is 2. The molecule has 0 aliphatic carbocycles. The molecule has 1 aromatic heterocycles. The van der Waals surface area contributed by atoms with Crippen LogP contribution < -0.4 is 14.9 Å². The van der Waals surface area contributed by atoms with E-state index in [1.807, 2.05) is 37.3 Å². The first-order valence-corrected chi connectivity index (χ1v) is 7.54. The third-order valence-electron chi connectivity index (χ3n) is 3.59. The van der Waals surface area contributed by atoms with Crippen molar-refractivity contribution in [1.29, 1.82) is 5.26 Å². The number of para-hydroxylation sites is 1. The van der Waals surface area contributed by atoms with Crippen LogP contribution in [0.3, 0.4) is 0 Å². The van der Waals surface area contributed by atoms with Gasteiger partial charge in [0.2, 0.25) is 11.2 Å². The molecule has 3 aromatic rings. The van der Waals surface area contributed by atoms with Gasteiger partial charge in [-0.1, -0.05) is 25.1 Å². The molecule has 1 heterocycles. The maximum Gasteiger partial charge on any atom is 0.235 e. The van der Waals surface area contributed by atoms with Gasteiger partial charge in [0.1, 0.15) is 29.4 Å². The largest absolute Gasteiger partial charge is 0.479 e. The second kappa shape index (κ2) is 6.88. The molecule has 0 unspecified atom stereocenters. The smallest absolute Gasteiger partial charge is 0.235 e. The summed E-state index contributed by atoms with van der Waals surface area (Å²) in [4.78, 5) is 12.6. The van der Waals surface area contributed by atoms with E-state index in [0.29, 0.717) is 22.5 Å². The van der Waals surface area contributed by atoms with Gasteiger partial charge in [-0.2, -0.15) is 5.26 Å². The van der Waals surface area contributed by atoms with Gasteiger partial charge in [-0.15, -0.1) is 0 Å². The maximum absolute atomic E-state index is 12.6. The van der Waals surface area contributed by atoms with Crippen molar-refractivity contribution in [2.75, 3.05) is 6.61 Å². The number of ether oxygens (including phenoxy) is 2. The third-order valence-corrected chi connectivity index (χ3v) is 3.59. The van der Waals surface area contributed by atoms with Gasteiger partial charge in [0, 0.05) is 6.07 Å². The second-order valence-corrected chi connectivity index (χ2v) is 5.10. The minimum Gasteiger partial charge on any atom is -0.479 e. The van der Waals surface area contributed by atoms with Crippen molar-refractivity contribution in [3.8, 4) is 23.3 Å². The first-order chi connectivity index (χ1) is 11.7. The molecule has 0 aliphatic heterocycles. The summed E-state index contributed by atoms with van der Waals surface area (Å²) < 4.78 is 16.5. The van der Waals surface area contributed by atoms with E-state index in [2.05, 4.69) is 0 Å². The first-order valence-electron chi connectivity index (χ1n) is 7.54. The molecule has 0 amide bonds. The minimum atomic E-state index is -0.256. The van der Waals surface area contributed by atoms with Gasteiger partial charge >= 0.3 is 0 Å². The number of rotatable bonds is 5. The zero-order valence-electron chi connectivity index (χ0n) is 13.1. The third kappa shape index (κ3) is 3.08. The predicted octanol–water partition coefficient (Wildman–Crippen LogP) is 4.05. The Morgan fingerprint density at radius 2 is 2.00 bits per heavy atom. The van der Waals surface area contributed by atoms with Gasteiger partial charge in [0.25, 0.3) is 0 Å². The lowest BCUT2D eigenvalue weighted by Gasteiger charge is -2.09. The fourth-order valence-corrected chi connectivity index (χ4v) is 2.38. The van der Waals surface area contributed by atoms with Gasteiger partial charge in [-0.05, 0) is 30.2 Å². The Hall–Kier alpha value is -3.26. The molecule has 2 aromatic carbocycles. The molecule has 0 bridgehead atoms. The Balaban J connectivity index is 1.97. The summed E-state index contributed by atoms with van der Waals surface area (Å²) in [5.41, 5.74) is 1.14. The van der Waals surface area contributed by atoms with Crippen molar-refractivity contribution in [1.82, 2.24) is 0 Å². The van der Waals surface area contributed by atoms with E-state index >= 15 is 0 Å². The number of nitriles is 1. The van der Waals surface area contributed by atoms with Crippen molar-refractivity contribution in [3.63, 3.8) is 0 Å². The Morgan fingerprint density at radius 3 is 2.79 bits per heavy atom. The standard InChI is InChI=1S/C19H15NO4/c1-2-13-5-3-4-6-16(13)24-18-12-23-17-11-14(22-10-9-20)7-8-15(17)19(18)21/h3-8,11-12H,2,10H2,1H3. The molecule has 0 N–H and O–H groups in total. The summed E-state index contributed by atoms with van der Waals surface area (Å²) in [5.74, 6) is 1.24. The predicted molar refractivity (Wildman–Crippen MR) is 89.5 cm³/mol. The molecule has 120 valence electrons. The van der Waals surface area contributed by atoms with Crippen LogP contribution in [0.5, 0.6) is 17.2 Å². The average molecular weight is 321 g/mol. The summed E-state index contributed by atoms with van der Waals surface area (Å²) >= 11 is 0. The lowest BCUT2D eigenvalue weighted by Crippen LogP contribution is -2.06. The zero-order chi connectivity index (χ0) is 16.9. The van der Waals surface area contributed by atoms with Crippen LogP contribution in [-0.4, -0.2) is 6.61 Å². The topological polar surface area (TPSA) is 72.5 Å². The van der Waals surface area contributed by atoms with Crippen molar-refractivity contribution in [2.24, 2.45) is 0 Å². The molecule has 5 heteroatoms. The Morgan fingerprint density at radius 1 is 1.17 bits per heavy atom. The highest BCUT2D eigenvalue weighted by atomic mass is 16.5. The highest BCUT2D eigenvalue weighted by Gasteiger charge is 2.11. The Labute approximate surface area is 138 Å². The average Bonchev–Trinajstić information content (AvgIpc) is 2.62.